The van der Waals surface area contributed by atoms with E-state index in [2.05, 4.69) is 41.0 Å². The van der Waals surface area contributed by atoms with Crippen molar-refractivity contribution in [2.24, 2.45) is 0 Å². The molecule has 0 spiro atoms. The van der Waals surface area contributed by atoms with Gasteiger partial charge in [0.1, 0.15) is 6.54 Å². The van der Waals surface area contributed by atoms with Gasteiger partial charge in [-0.05, 0) is 67.1 Å². The zero-order valence-electron chi connectivity index (χ0n) is 15.3. The number of aromatic nitrogens is 1. The van der Waals surface area contributed by atoms with Crippen LogP contribution >= 0.6 is 0 Å². The largest absolute Gasteiger partial charge is 0.405 e. The number of hydrogen-bond acceptors (Lipinski definition) is 1. The Morgan fingerprint density at radius 2 is 1.96 bits per heavy atom. The molecule has 2 heterocycles. The number of aryl methyl sites for hydroxylation is 1. The van der Waals surface area contributed by atoms with Gasteiger partial charge in [0, 0.05) is 23.0 Å². The summed E-state index contributed by atoms with van der Waals surface area (Å²) in [6.07, 6.45) is 0.0994. The lowest BCUT2D eigenvalue weighted by molar-refractivity contribution is -0.122. The maximum atomic E-state index is 12.2. The summed E-state index contributed by atoms with van der Waals surface area (Å²) in [6, 6.07) is 12.6. The fourth-order valence-corrected chi connectivity index (χ4v) is 3.38. The third kappa shape index (κ3) is 3.98. The number of urea groups is 1. The van der Waals surface area contributed by atoms with E-state index in [-0.39, 0.29) is 0 Å². The first kappa shape index (κ1) is 18.4. The number of carbonyl (C=O) groups is 1. The van der Waals surface area contributed by atoms with Gasteiger partial charge in [-0.1, -0.05) is 12.1 Å². The predicted octanol–water partition coefficient (Wildman–Crippen LogP) is 5.48. The number of nitrogens with zero attached hydrogens (tertiary/aromatic N) is 1. The van der Waals surface area contributed by atoms with Crippen LogP contribution in [0.2, 0.25) is 0 Å². The molecule has 2 aromatic heterocycles. The summed E-state index contributed by atoms with van der Waals surface area (Å²) in [5, 5.41) is 4.26. The molecule has 0 bridgehead atoms. The molecule has 4 rings (SSSR count). The molecular formula is C21H20F3N3O. The van der Waals surface area contributed by atoms with Gasteiger partial charge in [0.25, 0.3) is 0 Å². The molecule has 0 unspecified atom stereocenters. The average molecular weight is 387 g/mol. The zero-order chi connectivity index (χ0) is 19.9. The number of carbonyl (C=O) groups excluding carboxylic acids is 1. The normalized spacial score (nSPS) is 14.3. The van der Waals surface area contributed by atoms with Crippen molar-refractivity contribution in [2.45, 2.75) is 31.9 Å². The first-order valence-corrected chi connectivity index (χ1v) is 9.14. The second kappa shape index (κ2) is 6.89. The Morgan fingerprint density at radius 3 is 2.68 bits per heavy atom. The summed E-state index contributed by atoms with van der Waals surface area (Å²) < 4.78 is 38.8. The SMILES string of the molecule is Cc1cc(-c2cccc(NC(=O)NCC(F)(F)F)c2)n2ccc(C3CC3)cc12. The second-order valence-electron chi connectivity index (χ2n) is 7.21. The molecule has 146 valence electrons. The van der Waals surface area contributed by atoms with Crippen LogP contribution in [0.3, 0.4) is 0 Å². The highest BCUT2D eigenvalue weighted by atomic mass is 19.4. The summed E-state index contributed by atoms with van der Waals surface area (Å²) in [7, 11) is 0. The van der Waals surface area contributed by atoms with Crippen molar-refractivity contribution in [2.75, 3.05) is 11.9 Å². The van der Waals surface area contributed by atoms with Gasteiger partial charge in [-0.2, -0.15) is 13.2 Å². The van der Waals surface area contributed by atoms with E-state index in [9.17, 15) is 18.0 Å². The van der Waals surface area contributed by atoms with Crippen LogP contribution in [0.25, 0.3) is 16.8 Å². The Bertz CT molecular complexity index is 1040. The Labute approximate surface area is 160 Å². The number of amides is 2. The molecule has 1 aliphatic carbocycles. The number of hydrogen-bond donors (Lipinski definition) is 2. The van der Waals surface area contributed by atoms with Crippen LogP contribution in [0.1, 0.15) is 29.9 Å². The van der Waals surface area contributed by atoms with Crippen LogP contribution in [0.5, 0.6) is 0 Å². The predicted molar refractivity (Wildman–Crippen MR) is 103 cm³/mol. The molecule has 0 atom stereocenters. The highest BCUT2D eigenvalue weighted by molar-refractivity contribution is 5.90. The van der Waals surface area contributed by atoms with E-state index >= 15 is 0 Å². The topological polar surface area (TPSA) is 45.5 Å². The van der Waals surface area contributed by atoms with Crippen LogP contribution in [-0.2, 0) is 0 Å². The molecule has 1 aromatic carbocycles. The van der Waals surface area contributed by atoms with Crippen molar-refractivity contribution >= 4 is 17.2 Å². The van der Waals surface area contributed by atoms with Gasteiger partial charge < -0.3 is 15.0 Å². The van der Waals surface area contributed by atoms with E-state index in [1.807, 2.05) is 6.07 Å². The monoisotopic (exact) mass is 387 g/mol. The van der Waals surface area contributed by atoms with Crippen LogP contribution in [0.15, 0.2) is 48.7 Å². The van der Waals surface area contributed by atoms with Crippen LogP contribution < -0.4 is 10.6 Å². The Morgan fingerprint density at radius 1 is 1.18 bits per heavy atom. The molecule has 0 saturated heterocycles. The van der Waals surface area contributed by atoms with E-state index in [0.29, 0.717) is 11.6 Å². The minimum atomic E-state index is -4.44. The number of alkyl halides is 3. The van der Waals surface area contributed by atoms with Crippen molar-refractivity contribution in [3.05, 3.63) is 59.8 Å². The minimum absolute atomic E-state index is 0.430. The van der Waals surface area contributed by atoms with Crippen molar-refractivity contribution in [1.29, 1.82) is 0 Å². The third-order valence-electron chi connectivity index (χ3n) is 4.91. The second-order valence-corrected chi connectivity index (χ2v) is 7.21. The molecule has 2 N–H and O–H groups in total. The summed E-state index contributed by atoms with van der Waals surface area (Å²) in [4.78, 5) is 11.7. The number of halogens is 3. The van der Waals surface area contributed by atoms with E-state index in [0.717, 1.165) is 22.3 Å². The number of rotatable bonds is 4. The smallest absolute Gasteiger partial charge is 0.329 e. The van der Waals surface area contributed by atoms with Crippen LogP contribution in [0.4, 0.5) is 23.7 Å². The fraction of sp³-hybridized carbons (Fsp3) is 0.286. The molecule has 3 aromatic rings. The molecule has 0 aliphatic heterocycles. The molecule has 28 heavy (non-hydrogen) atoms. The van der Waals surface area contributed by atoms with Gasteiger partial charge in [0.2, 0.25) is 0 Å². The number of pyridine rings is 1. The lowest BCUT2D eigenvalue weighted by atomic mass is 10.1. The summed E-state index contributed by atoms with van der Waals surface area (Å²) in [5.74, 6) is 0.672. The van der Waals surface area contributed by atoms with Gasteiger partial charge in [0.15, 0.2) is 0 Å². The van der Waals surface area contributed by atoms with Crippen LogP contribution in [0, 0.1) is 6.92 Å². The van der Waals surface area contributed by atoms with Gasteiger partial charge in [-0.25, -0.2) is 4.79 Å². The average Bonchev–Trinajstić information content (AvgIpc) is 3.44. The van der Waals surface area contributed by atoms with Crippen molar-refractivity contribution < 1.29 is 18.0 Å². The standard InChI is InChI=1S/C21H20F3N3O/c1-13-9-19(27-8-7-15(11-18(13)27)14-5-6-14)16-3-2-4-17(10-16)26-20(28)25-12-21(22,23)24/h2-4,7-11,14H,5-6,12H2,1H3,(H2,25,26,28). The van der Waals surface area contributed by atoms with E-state index in [1.165, 1.54) is 18.4 Å². The highest BCUT2D eigenvalue weighted by Crippen LogP contribution is 2.41. The van der Waals surface area contributed by atoms with Crippen molar-refractivity contribution in [3.8, 4) is 11.3 Å². The number of nitrogens with one attached hydrogen (secondary N) is 2. The van der Waals surface area contributed by atoms with Crippen molar-refractivity contribution in [1.82, 2.24) is 9.72 Å². The number of benzene rings is 1. The molecular weight excluding hydrogens is 367 g/mol. The molecule has 1 aliphatic rings. The molecule has 2 amide bonds. The first-order chi connectivity index (χ1) is 13.3. The number of anilines is 1. The van der Waals surface area contributed by atoms with Crippen molar-refractivity contribution in [3.63, 3.8) is 0 Å². The van der Waals surface area contributed by atoms with E-state index in [1.54, 1.807) is 23.5 Å². The zero-order valence-corrected chi connectivity index (χ0v) is 15.3. The summed E-state index contributed by atoms with van der Waals surface area (Å²) >= 11 is 0. The Hall–Kier alpha value is -2.96. The van der Waals surface area contributed by atoms with Crippen LogP contribution in [-0.4, -0.2) is 23.2 Å². The Kier molecular flexibility index (Phi) is 4.53. The minimum Gasteiger partial charge on any atom is -0.329 e. The van der Waals surface area contributed by atoms with Gasteiger partial charge >= 0.3 is 12.2 Å². The van der Waals surface area contributed by atoms with Gasteiger partial charge in [-0.3, -0.25) is 0 Å². The maximum absolute atomic E-state index is 12.2. The number of fused-ring (bicyclic) bond motifs is 1. The molecule has 7 heteroatoms. The maximum Gasteiger partial charge on any atom is 0.405 e. The van der Waals surface area contributed by atoms with E-state index in [4.69, 9.17) is 0 Å². The highest BCUT2D eigenvalue weighted by Gasteiger charge is 2.27. The Balaban J connectivity index is 1.58. The summed E-state index contributed by atoms with van der Waals surface area (Å²) in [6.45, 7) is 0.687. The molecule has 4 nitrogen and oxygen atoms in total. The fourth-order valence-electron chi connectivity index (χ4n) is 3.38. The molecule has 1 fully saturated rings. The quantitative estimate of drug-likeness (QED) is 0.612. The first-order valence-electron chi connectivity index (χ1n) is 9.14. The molecule has 1 saturated carbocycles. The van der Waals surface area contributed by atoms with E-state index < -0.39 is 18.8 Å². The lowest BCUT2D eigenvalue weighted by Crippen LogP contribution is -2.36. The van der Waals surface area contributed by atoms with Gasteiger partial charge in [-0.15, -0.1) is 0 Å². The third-order valence-corrected chi connectivity index (χ3v) is 4.91. The summed E-state index contributed by atoms with van der Waals surface area (Å²) in [5.41, 5.74) is 5.92. The lowest BCUT2D eigenvalue weighted by Gasteiger charge is -2.11. The van der Waals surface area contributed by atoms with Gasteiger partial charge in [0.05, 0.1) is 5.69 Å². The molecule has 0 radical (unpaired) electrons.